The van der Waals surface area contributed by atoms with E-state index in [0.717, 1.165) is 0 Å². The maximum atomic E-state index is 13.5. The van der Waals surface area contributed by atoms with E-state index in [1.807, 2.05) is 20.8 Å². The molecule has 0 bridgehead atoms. The number of dihydropyridines is 1. The van der Waals surface area contributed by atoms with Crippen LogP contribution in [0, 0.1) is 18.8 Å². The van der Waals surface area contributed by atoms with E-state index < -0.39 is 23.8 Å². The third-order valence-electron chi connectivity index (χ3n) is 5.78. The smallest absolute Gasteiger partial charge is 0.336 e. The molecule has 174 valence electrons. The van der Waals surface area contributed by atoms with E-state index in [4.69, 9.17) is 18.6 Å². The number of rotatable bonds is 7. The zero-order valence-electron chi connectivity index (χ0n) is 19.4. The molecule has 8 nitrogen and oxygen atoms in total. The third kappa shape index (κ3) is 4.65. The van der Waals surface area contributed by atoms with E-state index in [2.05, 4.69) is 5.32 Å². The van der Waals surface area contributed by atoms with E-state index in [0.29, 0.717) is 34.9 Å². The fourth-order valence-corrected chi connectivity index (χ4v) is 4.34. The summed E-state index contributed by atoms with van der Waals surface area (Å²) in [5.41, 5.74) is 1.92. The molecular formula is C24H31NO7. The summed E-state index contributed by atoms with van der Waals surface area (Å²) in [7, 11) is 1.27. The average molecular weight is 446 g/mol. The van der Waals surface area contributed by atoms with Gasteiger partial charge in [0.05, 0.1) is 31.3 Å². The van der Waals surface area contributed by atoms with Crippen molar-refractivity contribution in [3.63, 3.8) is 0 Å². The van der Waals surface area contributed by atoms with Crippen LogP contribution in [-0.4, -0.2) is 44.1 Å². The Morgan fingerprint density at radius 1 is 1.22 bits per heavy atom. The zero-order chi connectivity index (χ0) is 23.6. The highest BCUT2D eigenvalue weighted by molar-refractivity contribution is 6.12. The number of carbonyl (C=O) groups is 3. The molecule has 0 radical (unpaired) electrons. The number of Topliss-reactive ketones (excluding diaryl/α,β-unsaturated/α-hetero) is 1. The van der Waals surface area contributed by atoms with Gasteiger partial charge in [-0.1, -0.05) is 6.92 Å². The Bertz CT molecular complexity index is 969. The fourth-order valence-electron chi connectivity index (χ4n) is 4.34. The van der Waals surface area contributed by atoms with Gasteiger partial charge in [-0.2, -0.15) is 0 Å². The molecule has 0 amide bonds. The number of ketones is 1. The predicted octanol–water partition coefficient (Wildman–Crippen LogP) is 3.17. The molecule has 8 heteroatoms. The quantitative estimate of drug-likeness (QED) is 0.388. The fraction of sp³-hybridized carbons (Fsp3) is 0.542. The molecule has 2 heterocycles. The minimum Gasteiger partial charge on any atom is -0.468 e. The van der Waals surface area contributed by atoms with E-state index in [9.17, 15) is 14.4 Å². The van der Waals surface area contributed by atoms with Crippen molar-refractivity contribution >= 4 is 17.7 Å². The van der Waals surface area contributed by atoms with Crippen molar-refractivity contribution in [1.82, 2.24) is 5.32 Å². The molecule has 1 aliphatic carbocycles. The molecule has 0 saturated carbocycles. The Hall–Kier alpha value is -2.87. The number of hydrogen-bond donors (Lipinski definition) is 1. The molecule has 1 aromatic heterocycles. The highest BCUT2D eigenvalue weighted by Gasteiger charge is 2.48. The van der Waals surface area contributed by atoms with Crippen LogP contribution < -0.4 is 5.32 Å². The van der Waals surface area contributed by atoms with Crippen molar-refractivity contribution < 1.29 is 33.0 Å². The van der Waals surface area contributed by atoms with Crippen LogP contribution in [0.3, 0.4) is 0 Å². The minimum absolute atomic E-state index is 0.0228. The van der Waals surface area contributed by atoms with E-state index >= 15 is 0 Å². The van der Waals surface area contributed by atoms with Crippen molar-refractivity contribution in [3.05, 3.63) is 46.2 Å². The summed E-state index contributed by atoms with van der Waals surface area (Å²) in [6.07, 6.45) is 0.494. The second-order valence-corrected chi connectivity index (χ2v) is 8.54. The number of methoxy groups -OCH3 is 1. The molecule has 0 spiro atoms. The second-order valence-electron chi connectivity index (χ2n) is 8.54. The number of furan rings is 1. The van der Waals surface area contributed by atoms with Gasteiger partial charge in [0, 0.05) is 17.0 Å². The van der Waals surface area contributed by atoms with Gasteiger partial charge >= 0.3 is 11.9 Å². The molecule has 32 heavy (non-hydrogen) atoms. The van der Waals surface area contributed by atoms with Crippen LogP contribution in [0.2, 0.25) is 0 Å². The summed E-state index contributed by atoms with van der Waals surface area (Å²) >= 11 is 0. The first-order valence-electron chi connectivity index (χ1n) is 10.8. The van der Waals surface area contributed by atoms with Crippen molar-refractivity contribution in [2.45, 2.75) is 53.1 Å². The first-order chi connectivity index (χ1) is 15.1. The number of ether oxygens (including phenoxy) is 3. The summed E-state index contributed by atoms with van der Waals surface area (Å²) in [6, 6.07) is 3.52. The molecule has 0 saturated heterocycles. The number of aryl methyl sites for hydroxylation is 1. The summed E-state index contributed by atoms with van der Waals surface area (Å²) in [6.45, 7) is 9.55. The van der Waals surface area contributed by atoms with Gasteiger partial charge in [0.2, 0.25) is 0 Å². The highest BCUT2D eigenvalue weighted by Crippen LogP contribution is 2.45. The molecule has 1 aromatic rings. The predicted molar refractivity (Wildman–Crippen MR) is 115 cm³/mol. The molecule has 3 atom stereocenters. The van der Waals surface area contributed by atoms with Gasteiger partial charge in [-0.15, -0.1) is 0 Å². The summed E-state index contributed by atoms with van der Waals surface area (Å²) in [4.78, 5) is 39.0. The average Bonchev–Trinajstić information content (AvgIpc) is 3.15. The first kappa shape index (κ1) is 23.8. The number of allylic oxidation sites excluding steroid dienone is 3. The maximum absolute atomic E-state index is 13.5. The second kappa shape index (κ2) is 9.73. The Morgan fingerprint density at radius 3 is 2.53 bits per heavy atom. The Morgan fingerprint density at radius 2 is 1.94 bits per heavy atom. The normalized spacial score (nSPS) is 23.2. The summed E-state index contributed by atoms with van der Waals surface area (Å²) in [5.74, 6) is -2.35. The van der Waals surface area contributed by atoms with Gasteiger partial charge < -0.3 is 23.9 Å². The molecule has 0 unspecified atom stereocenters. The molecule has 0 aromatic carbocycles. The zero-order valence-corrected chi connectivity index (χ0v) is 19.4. The lowest BCUT2D eigenvalue weighted by molar-refractivity contribution is -0.151. The highest BCUT2D eigenvalue weighted by atomic mass is 16.6. The van der Waals surface area contributed by atoms with Crippen LogP contribution in [0.25, 0.3) is 0 Å². The van der Waals surface area contributed by atoms with Gasteiger partial charge in [0.15, 0.2) is 5.78 Å². The Labute approximate surface area is 188 Å². The van der Waals surface area contributed by atoms with Crippen LogP contribution in [0.1, 0.15) is 51.6 Å². The first-order valence-corrected chi connectivity index (χ1v) is 10.8. The van der Waals surface area contributed by atoms with Gasteiger partial charge in [-0.3, -0.25) is 9.59 Å². The van der Waals surface area contributed by atoms with Gasteiger partial charge in [0.25, 0.3) is 0 Å². The minimum atomic E-state index is -0.936. The monoisotopic (exact) mass is 445 g/mol. The Balaban J connectivity index is 2.00. The summed E-state index contributed by atoms with van der Waals surface area (Å²) < 4.78 is 21.7. The number of carbonyl (C=O) groups excluding carboxylic acids is 3. The van der Waals surface area contributed by atoms with Crippen molar-refractivity contribution in [2.24, 2.45) is 11.8 Å². The van der Waals surface area contributed by atoms with E-state index in [-0.39, 0.29) is 36.6 Å². The Kier molecular flexibility index (Phi) is 7.23. The summed E-state index contributed by atoms with van der Waals surface area (Å²) in [5, 5.41) is 3.22. The van der Waals surface area contributed by atoms with Gasteiger partial charge in [-0.05, 0) is 52.2 Å². The lowest BCUT2D eigenvalue weighted by Gasteiger charge is -2.37. The van der Waals surface area contributed by atoms with Crippen molar-refractivity contribution in [2.75, 3.05) is 20.3 Å². The SMILES string of the molecule is COC(=O)[C@H]1C(=O)C2=C(C[C@@H]1C)NC(C)=C(C(=O)OCCOC(C)C)[C@@H]2c1ccc(C)o1. The van der Waals surface area contributed by atoms with Crippen LogP contribution in [0.4, 0.5) is 0 Å². The molecule has 3 rings (SSSR count). The number of hydrogen-bond acceptors (Lipinski definition) is 8. The molecular weight excluding hydrogens is 414 g/mol. The van der Waals surface area contributed by atoms with Crippen LogP contribution >= 0.6 is 0 Å². The van der Waals surface area contributed by atoms with Crippen LogP contribution in [0.5, 0.6) is 0 Å². The topological polar surface area (TPSA) is 104 Å². The van der Waals surface area contributed by atoms with Crippen molar-refractivity contribution in [1.29, 1.82) is 0 Å². The van der Waals surface area contributed by atoms with Gasteiger partial charge in [0.1, 0.15) is 24.0 Å². The third-order valence-corrected chi connectivity index (χ3v) is 5.78. The molecule has 1 N–H and O–H groups in total. The molecule has 2 aliphatic rings. The van der Waals surface area contributed by atoms with Crippen molar-refractivity contribution in [3.8, 4) is 0 Å². The van der Waals surface area contributed by atoms with Gasteiger partial charge in [-0.25, -0.2) is 4.79 Å². The molecule has 1 aliphatic heterocycles. The van der Waals surface area contributed by atoms with Crippen LogP contribution in [0.15, 0.2) is 39.1 Å². The lowest BCUT2D eigenvalue weighted by atomic mass is 9.70. The maximum Gasteiger partial charge on any atom is 0.336 e. The van der Waals surface area contributed by atoms with Crippen LogP contribution in [-0.2, 0) is 28.6 Å². The van der Waals surface area contributed by atoms with E-state index in [1.165, 1.54) is 7.11 Å². The molecule has 0 fully saturated rings. The lowest BCUT2D eigenvalue weighted by Crippen LogP contribution is -2.43. The largest absolute Gasteiger partial charge is 0.468 e. The number of esters is 2. The number of nitrogens with one attached hydrogen (secondary N) is 1. The van der Waals surface area contributed by atoms with E-state index in [1.54, 1.807) is 26.0 Å². The standard InChI is InChI=1S/C24H31NO7/c1-12(2)30-9-10-31-24(28)19-15(5)25-16-11-13(3)18(23(27)29-6)22(26)20(16)21(19)17-8-7-14(4)32-17/h7-8,12-13,18,21,25H,9-11H2,1-6H3/t13-,18+,21-/m0/s1.